The molecule has 0 aliphatic carbocycles. The van der Waals surface area contributed by atoms with E-state index in [1.807, 2.05) is 15.9 Å². The quantitative estimate of drug-likeness (QED) is 0.897. The zero-order chi connectivity index (χ0) is 15.2. The third kappa shape index (κ3) is 4.63. The lowest BCUT2D eigenvalue weighted by molar-refractivity contribution is -0.133. The minimum atomic E-state index is 0.113. The van der Waals surface area contributed by atoms with Crippen molar-refractivity contribution in [2.24, 2.45) is 5.92 Å². The summed E-state index contributed by atoms with van der Waals surface area (Å²) in [5.74, 6) is 0.771. The van der Waals surface area contributed by atoms with Gasteiger partial charge in [-0.25, -0.2) is 0 Å². The van der Waals surface area contributed by atoms with Gasteiger partial charge in [0.2, 0.25) is 5.91 Å². The average Bonchev–Trinajstić information content (AvgIpc) is 2.47. The molecule has 1 aliphatic heterocycles. The van der Waals surface area contributed by atoms with Crippen molar-refractivity contribution in [1.29, 1.82) is 0 Å². The molecule has 1 amide bonds. The third-order valence-electron chi connectivity index (χ3n) is 3.47. The van der Waals surface area contributed by atoms with E-state index in [1.54, 1.807) is 18.2 Å². The summed E-state index contributed by atoms with van der Waals surface area (Å²) < 4.78 is 5.28. The first-order valence-electron chi connectivity index (χ1n) is 7.46. The maximum atomic E-state index is 12.4. The highest BCUT2D eigenvalue weighted by atomic mass is 16.5. The Labute approximate surface area is 126 Å². The molecule has 1 N–H and O–H groups in total. The summed E-state index contributed by atoms with van der Waals surface area (Å²) in [4.78, 5) is 16.3. The molecule has 0 atom stereocenters. The maximum absolute atomic E-state index is 12.4. The number of carbonyl (C=O) groups is 1. The van der Waals surface area contributed by atoms with Gasteiger partial charge in [0.15, 0.2) is 0 Å². The summed E-state index contributed by atoms with van der Waals surface area (Å²) in [7, 11) is 0. The van der Waals surface area contributed by atoms with Crippen LogP contribution in [0.4, 0.5) is 5.69 Å². The van der Waals surface area contributed by atoms with Gasteiger partial charge in [0.05, 0.1) is 19.8 Å². The molecule has 1 fully saturated rings. The van der Waals surface area contributed by atoms with Crippen LogP contribution >= 0.6 is 0 Å². The molecular weight excluding hydrogens is 268 g/mol. The molecule has 1 aromatic carbocycles. The Hall–Kier alpha value is -1.75. The van der Waals surface area contributed by atoms with Gasteiger partial charge in [-0.3, -0.25) is 4.79 Å². The van der Waals surface area contributed by atoms with Crippen LogP contribution in [0.25, 0.3) is 0 Å². The smallest absolute Gasteiger partial charge is 0.242 e. The summed E-state index contributed by atoms with van der Waals surface area (Å²) >= 11 is 0. The van der Waals surface area contributed by atoms with Crippen LogP contribution in [0.3, 0.4) is 0 Å². The van der Waals surface area contributed by atoms with Crippen molar-refractivity contribution in [3.63, 3.8) is 0 Å². The second-order valence-electron chi connectivity index (χ2n) is 5.79. The normalized spacial score (nSPS) is 15.3. The number of phenols is 1. The van der Waals surface area contributed by atoms with E-state index in [-0.39, 0.29) is 11.7 Å². The van der Waals surface area contributed by atoms with Crippen LogP contribution in [-0.4, -0.2) is 55.3 Å². The van der Waals surface area contributed by atoms with Gasteiger partial charge < -0.3 is 19.6 Å². The van der Waals surface area contributed by atoms with Gasteiger partial charge in [0, 0.05) is 31.4 Å². The number of amides is 1. The molecule has 5 nitrogen and oxygen atoms in total. The van der Waals surface area contributed by atoms with Crippen LogP contribution in [-0.2, 0) is 9.53 Å². The first kappa shape index (κ1) is 15.6. The number of carbonyl (C=O) groups excluding carboxylic acids is 1. The van der Waals surface area contributed by atoms with Crippen molar-refractivity contribution in [3.8, 4) is 5.75 Å². The molecule has 21 heavy (non-hydrogen) atoms. The fraction of sp³-hybridized carbons (Fsp3) is 0.562. The van der Waals surface area contributed by atoms with Crippen molar-refractivity contribution >= 4 is 11.6 Å². The van der Waals surface area contributed by atoms with Gasteiger partial charge in [0.1, 0.15) is 5.75 Å². The van der Waals surface area contributed by atoms with Gasteiger partial charge in [-0.1, -0.05) is 19.9 Å². The molecule has 0 aromatic heterocycles. The van der Waals surface area contributed by atoms with Gasteiger partial charge >= 0.3 is 0 Å². The first-order valence-corrected chi connectivity index (χ1v) is 7.46. The van der Waals surface area contributed by atoms with Crippen LogP contribution in [0, 0.1) is 5.92 Å². The lowest BCUT2D eigenvalue weighted by Crippen LogP contribution is -2.46. The standard InChI is InChI=1S/C16H24N2O3/c1-13(2)11-18(14-4-3-5-15(19)10-14)12-16(20)17-6-8-21-9-7-17/h3-5,10,13,19H,6-9,11-12H2,1-2H3. The van der Waals surface area contributed by atoms with Crippen molar-refractivity contribution in [2.45, 2.75) is 13.8 Å². The van der Waals surface area contributed by atoms with Gasteiger partial charge in [0.25, 0.3) is 0 Å². The Kier molecular flexibility index (Phi) is 5.44. The molecule has 1 heterocycles. The fourth-order valence-electron chi connectivity index (χ4n) is 2.47. The summed E-state index contributed by atoms with van der Waals surface area (Å²) in [5, 5.41) is 9.64. The lowest BCUT2D eigenvalue weighted by Gasteiger charge is -2.31. The number of rotatable bonds is 5. The van der Waals surface area contributed by atoms with Crippen LogP contribution < -0.4 is 4.90 Å². The molecule has 0 bridgehead atoms. The van der Waals surface area contributed by atoms with Crippen molar-refractivity contribution in [1.82, 2.24) is 4.90 Å². The van der Waals surface area contributed by atoms with E-state index in [1.165, 1.54) is 0 Å². The second kappa shape index (κ2) is 7.31. The number of hydrogen-bond acceptors (Lipinski definition) is 4. The number of anilines is 1. The summed E-state index contributed by atoms with van der Waals surface area (Å²) in [5.41, 5.74) is 0.880. The van der Waals surface area contributed by atoms with Crippen LogP contribution in [0.5, 0.6) is 5.75 Å². The van der Waals surface area contributed by atoms with Gasteiger partial charge in [-0.2, -0.15) is 0 Å². The Balaban J connectivity index is 2.07. The fourth-order valence-corrected chi connectivity index (χ4v) is 2.47. The van der Waals surface area contributed by atoms with E-state index in [2.05, 4.69) is 13.8 Å². The molecular formula is C16H24N2O3. The van der Waals surface area contributed by atoms with E-state index < -0.39 is 0 Å². The minimum Gasteiger partial charge on any atom is -0.508 e. The number of morpholine rings is 1. The van der Waals surface area contributed by atoms with E-state index in [4.69, 9.17) is 4.74 Å². The third-order valence-corrected chi connectivity index (χ3v) is 3.47. The Morgan fingerprint density at radius 1 is 1.38 bits per heavy atom. The van der Waals surface area contributed by atoms with E-state index in [0.29, 0.717) is 38.8 Å². The SMILES string of the molecule is CC(C)CN(CC(=O)N1CCOCC1)c1cccc(O)c1. The molecule has 1 aliphatic rings. The molecule has 0 unspecified atom stereocenters. The Bertz CT molecular complexity index is 470. The highest BCUT2D eigenvalue weighted by Crippen LogP contribution is 2.21. The van der Waals surface area contributed by atoms with Gasteiger partial charge in [-0.05, 0) is 18.1 Å². The van der Waals surface area contributed by atoms with Crippen molar-refractivity contribution < 1.29 is 14.6 Å². The summed E-state index contributed by atoms with van der Waals surface area (Å²) in [6, 6.07) is 7.07. The van der Waals surface area contributed by atoms with Crippen molar-refractivity contribution in [3.05, 3.63) is 24.3 Å². The van der Waals surface area contributed by atoms with Crippen LogP contribution in [0.15, 0.2) is 24.3 Å². The van der Waals surface area contributed by atoms with E-state index in [9.17, 15) is 9.90 Å². The minimum absolute atomic E-state index is 0.113. The molecule has 1 aromatic rings. The zero-order valence-corrected chi connectivity index (χ0v) is 12.8. The van der Waals surface area contributed by atoms with Crippen molar-refractivity contribution in [2.75, 3.05) is 44.3 Å². The predicted molar refractivity (Wildman–Crippen MR) is 82.6 cm³/mol. The maximum Gasteiger partial charge on any atom is 0.242 e. The number of aromatic hydroxyl groups is 1. The first-order chi connectivity index (χ1) is 10.1. The molecule has 0 saturated carbocycles. The van der Waals surface area contributed by atoms with E-state index in [0.717, 1.165) is 12.2 Å². The lowest BCUT2D eigenvalue weighted by atomic mass is 10.1. The van der Waals surface area contributed by atoms with E-state index >= 15 is 0 Å². The summed E-state index contributed by atoms with van der Waals surface area (Å²) in [6.45, 7) is 7.90. The number of hydrogen-bond donors (Lipinski definition) is 1. The second-order valence-corrected chi connectivity index (χ2v) is 5.79. The van der Waals surface area contributed by atoms with Crippen LogP contribution in [0.1, 0.15) is 13.8 Å². The number of nitrogens with zero attached hydrogens (tertiary/aromatic N) is 2. The molecule has 5 heteroatoms. The predicted octanol–water partition coefficient (Wildman–Crippen LogP) is 1.71. The summed E-state index contributed by atoms with van der Waals surface area (Å²) in [6.07, 6.45) is 0. The topological polar surface area (TPSA) is 53.0 Å². The number of benzene rings is 1. The Morgan fingerprint density at radius 2 is 2.10 bits per heavy atom. The van der Waals surface area contributed by atoms with Gasteiger partial charge in [-0.15, -0.1) is 0 Å². The molecule has 1 saturated heterocycles. The average molecular weight is 292 g/mol. The zero-order valence-electron chi connectivity index (χ0n) is 12.8. The number of phenolic OH excluding ortho intramolecular Hbond substituents is 1. The molecule has 116 valence electrons. The molecule has 0 spiro atoms. The molecule has 0 radical (unpaired) electrons. The monoisotopic (exact) mass is 292 g/mol. The molecule has 2 rings (SSSR count). The van der Waals surface area contributed by atoms with Crippen LogP contribution in [0.2, 0.25) is 0 Å². The largest absolute Gasteiger partial charge is 0.508 e. The number of ether oxygens (including phenoxy) is 1. The highest BCUT2D eigenvalue weighted by molar-refractivity contribution is 5.81. The highest BCUT2D eigenvalue weighted by Gasteiger charge is 2.20. The Morgan fingerprint density at radius 3 is 2.71 bits per heavy atom.